The van der Waals surface area contributed by atoms with E-state index in [1.54, 1.807) is 19.0 Å². The molecule has 0 spiro atoms. The van der Waals surface area contributed by atoms with Gasteiger partial charge in [-0.05, 0) is 34.8 Å². The second-order valence-electron chi connectivity index (χ2n) is 6.95. The van der Waals surface area contributed by atoms with E-state index >= 15 is 0 Å². The quantitative estimate of drug-likeness (QED) is 0.235. The minimum absolute atomic E-state index is 0.140. The molecule has 0 atom stereocenters. The molecule has 0 aliphatic carbocycles. The first-order valence-electron chi connectivity index (χ1n) is 8.09. The lowest BCUT2D eigenvalue weighted by Crippen LogP contribution is -2.24. The zero-order valence-corrected chi connectivity index (χ0v) is 17.9. The average molecular weight is 424 g/mol. The van der Waals surface area contributed by atoms with Crippen LogP contribution < -0.4 is 0 Å². The van der Waals surface area contributed by atoms with Gasteiger partial charge in [-0.3, -0.25) is 0 Å². The molecule has 142 valence electrons. The smallest absolute Gasteiger partial charge is 0.347 e. The number of rotatable bonds is 5. The zero-order chi connectivity index (χ0) is 20.1. The first-order chi connectivity index (χ1) is 12.0. The number of esters is 2. The molecule has 1 aromatic carbocycles. The molecule has 0 aromatic heterocycles. The third kappa shape index (κ3) is 5.46. The number of halogens is 1. The van der Waals surface area contributed by atoms with Crippen LogP contribution in [0.25, 0.3) is 5.57 Å². The molecule has 0 amide bonds. The summed E-state index contributed by atoms with van der Waals surface area (Å²) < 4.78 is 10.6. The van der Waals surface area contributed by atoms with Crippen molar-refractivity contribution in [2.75, 3.05) is 28.3 Å². The first kappa shape index (κ1) is 22.0. The highest BCUT2D eigenvalue weighted by Crippen LogP contribution is 2.36. The summed E-state index contributed by atoms with van der Waals surface area (Å²) in [5.41, 5.74) is 2.02. The number of ether oxygens (including phenoxy) is 2. The highest BCUT2D eigenvalue weighted by molar-refractivity contribution is 9.10. The van der Waals surface area contributed by atoms with Gasteiger partial charge in [0.2, 0.25) is 0 Å². The van der Waals surface area contributed by atoms with Crippen LogP contribution in [-0.4, -0.2) is 45.2 Å². The number of hydrogen-bond acceptors (Lipinski definition) is 5. The van der Waals surface area contributed by atoms with E-state index in [9.17, 15) is 9.59 Å². The molecule has 5 nitrogen and oxygen atoms in total. The van der Waals surface area contributed by atoms with Gasteiger partial charge in [-0.25, -0.2) is 9.59 Å². The topological polar surface area (TPSA) is 55.8 Å². The summed E-state index contributed by atoms with van der Waals surface area (Å²) >= 11 is 3.44. The van der Waals surface area contributed by atoms with E-state index in [0.717, 1.165) is 15.6 Å². The molecule has 0 bridgehead atoms. The molecule has 0 saturated heterocycles. The fourth-order valence-corrected chi connectivity index (χ4v) is 2.68. The van der Waals surface area contributed by atoms with Gasteiger partial charge in [0.15, 0.2) is 5.57 Å². The summed E-state index contributed by atoms with van der Waals surface area (Å²) in [6, 6.07) is 7.89. The van der Waals surface area contributed by atoms with E-state index in [0.29, 0.717) is 5.70 Å². The van der Waals surface area contributed by atoms with Gasteiger partial charge in [0.05, 0.1) is 19.9 Å². The lowest BCUT2D eigenvalue weighted by atomic mass is 9.81. The molecule has 0 aliphatic heterocycles. The number of methoxy groups -OCH3 is 2. The number of carbonyl (C=O) groups is 2. The van der Waals surface area contributed by atoms with E-state index < -0.39 is 11.9 Å². The number of hydrogen-bond donors (Lipinski definition) is 0. The van der Waals surface area contributed by atoms with Gasteiger partial charge in [0.25, 0.3) is 0 Å². The average Bonchev–Trinajstić information content (AvgIpc) is 2.57. The maximum absolute atomic E-state index is 12.2. The summed E-state index contributed by atoms with van der Waals surface area (Å²) in [4.78, 5) is 26.2. The third-order valence-electron chi connectivity index (χ3n) is 3.76. The van der Waals surface area contributed by atoms with E-state index in [4.69, 9.17) is 9.47 Å². The van der Waals surface area contributed by atoms with E-state index in [1.165, 1.54) is 14.2 Å². The second kappa shape index (κ2) is 9.03. The Bertz CT molecular complexity index is 707. The van der Waals surface area contributed by atoms with Crippen molar-refractivity contribution in [3.05, 3.63) is 51.6 Å². The summed E-state index contributed by atoms with van der Waals surface area (Å²) in [5.74, 6) is -1.47. The van der Waals surface area contributed by atoms with Gasteiger partial charge in [0.1, 0.15) is 0 Å². The lowest BCUT2D eigenvalue weighted by molar-refractivity contribution is -0.144. The van der Waals surface area contributed by atoms with Crippen molar-refractivity contribution in [3.63, 3.8) is 0 Å². The molecule has 0 heterocycles. The van der Waals surface area contributed by atoms with Crippen LogP contribution in [0.5, 0.6) is 0 Å². The number of nitrogens with zero attached hydrogens (tertiary/aromatic N) is 1. The largest absolute Gasteiger partial charge is 0.465 e. The summed E-state index contributed by atoms with van der Waals surface area (Å²) in [7, 11) is 6.00. The van der Waals surface area contributed by atoms with Gasteiger partial charge in [0, 0.05) is 18.6 Å². The van der Waals surface area contributed by atoms with Crippen LogP contribution >= 0.6 is 15.9 Å². The maximum Gasteiger partial charge on any atom is 0.347 e. The highest BCUT2D eigenvalue weighted by atomic mass is 79.9. The second-order valence-corrected chi connectivity index (χ2v) is 7.87. The van der Waals surface area contributed by atoms with Gasteiger partial charge < -0.3 is 14.4 Å². The highest BCUT2D eigenvalue weighted by Gasteiger charge is 2.27. The minimum Gasteiger partial charge on any atom is -0.465 e. The Kier molecular flexibility index (Phi) is 7.63. The Morgan fingerprint density at radius 3 is 1.81 bits per heavy atom. The Balaban J connectivity index is 3.76. The molecule has 0 saturated carbocycles. The van der Waals surface area contributed by atoms with Crippen LogP contribution in [0.4, 0.5) is 0 Å². The standard InChI is InChI=1S/C20H26BrNO4/c1-20(2,3)15(13-8-10-14(21)11-9-13)12-16(22(4)5)17(18(23)25-6)19(24)26-7/h8-12H,1-7H3/b15-12+. The maximum atomic E-state index is 12.2. The number of carbonyl (C=O) groups excluding carboxylic acids is 2. The van der Waals surface area contributed by atoms with Crippen molar-refractivity contribution in [3.8, 4) is 0 Å². The summed E-state index contributed by atoms with van der Waals surface area (Å²) in [5, 5.41) is 0. The predicted octanol–water partition coefficient (Wildman–Crippen LogP) is 4.04. The Labute approximate surface area is 163 Å². The molecular weight excluding hydrogens is 398 g/mol. The molecule has 1 aromatic rings. The Hall–Kier alpha value is -2.08. The van der Waals surface area contributed by atoms with E-state index in [-0.39, 0.29) is 11.0 Å². The molecule has 0 aliphatic rings. The molecule has 0 fully saturated rings. The third-order valence-corrected chi connectivity index (χ3v) is 4.29. The van der Waals surface area contributed by atoms with Crippen LogP contribution in [0, 0.1) is 5.41 Å². The van der Waals surface area contributed by atoms with Gasteiger partial charge in [-0.15, -0.1) is 0 Å². The molecule has 6 heteroatoms. The molecule has 0 radical (unpaired) electrons. The Morgan fingerprint density at radius 2 is 1.46 bits per heavy atom. The molecule has 0 unspecified atom stereocenters. The van der Waals surface area contributed by atoms with Crippen molar-refractivity contribution in [1.29, 1.82) is 0 Å². The lowest BCUT2D eigenvalue weighted by Gasteiger charge is -2.26. The van der Waals surface area contributed by atoms with E-state index in [1.807, 2.05) is 30.3 Å². The summed E-state index contributed by atoms with van der Waals surface area (Å²) in [6.45, 7) is 6.22. The van der Waals surface area contributed by atoms with Crippen LogP contribution in [0.3, 0.4) is 0 Å². The van der Waals surface area contributed by atoms with Crippen LogP contribution in [0.15, 0.2) is 46.1 Å². The monoisotopic (exact) mass is 423 g/mol. The van der Waals surface area contributed by atoms with Crippen LogP contribution in [0.1, 0.15) is 26.3 Å². The molecule has 0 N–H and O–H groups in total. The first-order valence-corrected chi connectivity index (χ1v) is 8.88. The SMILES string of the molecule is COC(=O)C(C(=O)OC)=C(/C=C(\c1ccc(Br)cc1)C(C)(C)C)N(C)C. The number of benzene rings is 1. The van der Waals surface area contributed by atoms with E-state index in [2.05, 4.69) is 36.7 Å². The normalized spacial score (nSPS) is 11.6. The van der Waals surface area contributed by atoms with Crippen LogP contribution in [0.2, 0.25) is 0 Å². The molecule has 1 rings (SSSR count). The van der Waals surface area contributed by atoms with Gasteiger partial charge in [-0.2, -0.15) is 0 Å². The van der Waals surface area contributed by atoms with Gasteiger partial charge >= 0.3 is 11.9 Å². The number of allylic oxidation sites excluding steroid dienone is 2. The molecule has 26 heavy (non-hydrogen) atoms. The zero-order valence-electron chi connectivity index (χ0n) is 16.3. The predicted molar refractivity (Wildman–Crippen MR) is 106 cm³/mol. The van der Waals surface area contributed by atoms with Crippen molar-refractivity contribution in [1.82, 2.24) is 4.90 Å². The molecular formula is C20H26BrNO4. The summed E-state index contributed by atoms with van der Waals surface area (Å²) in [6.07, 6.45) is 1.84. The minimum atomic E-state index is -0.735. The number of likely N-dealkylation sites (N-methyl/N-ethyl adjacent to an activating group) is 1. The van der Waals surface area contributed by atoms with Crippen LogP contribution in [-0.2, 0) is 19.1 Å². The van der Waals surface area contributed by atoms with Crippen molar-refractivity contribution in [2.24, 2.45) is 5.41 Å². The van der Waals surface area contributed by atoms with Crippen molar-refractivity contribution >= 4 is 33.4 Å². The Morgan fingerprint density at radius 1 is 1.00 bits per heavy atom. The fraction of sp³-hybridized carbons (Fsp3) is 0.400. The van der Waals surface area contributed by atoms with Gasteiger partial charge in [-0.1, -0.05) is 48.8 Å². The van der Waals surface area contributed by atoms with Crippen molar-refractivity contribution in [2.45, 2.75) is 20.8 Å². The fourth-order valence-electron chi connectivity index (χ4n) is 2.42. The van der Waals surface area contributed by atoms with Crippen molar-refractivity contribution < 1.29 is 19.1 Å².